The summed E-state index contributed by atoms with van der Waals surface area (Å²) in [7, 11) is 1.53. The van der Waals surface area contributed by atoms with Crippen LogP contribution in [0.3, 0.4) is 0 Å². The Morgan fingerprint density at radius 1 is 1.29 bits per heavy atom. The number of fused-ring (bicyclic) bond motifs is 1. The summed E-state index contributed by atoms with van der Waals surface area (Å²) in [4.78, 5) is 54.5. The summed E-state index contributed by atoms with van der Waals surface area (Å²) < 4.78 is 11.6. The molecule has 6 amide bonds. The van der Waals surface area contributed by atoms with Crippen molar-refractivity contribution in [2.24, 2.45) is 5.92 Å². The summed E-state index contributed by atoms with van der Waals surface area (Å²) in [5.41, 5.74) is 0.804. The third-order valence-corrected chi connectivity index (χ3v) is 7.31. The first-order chi connectivity index (χ1) is 16.8. The molecule has 11 nitrogen and oxygen atoms in total. The van der Waals surface area contributed by atoms with E-state index in [-0.39, 0.29) is 24.4 Å². The van der Waals surface area contributed by atoms with Gasteiger partial charge in [-0.05, 0) is 30.2 Å². The Bertz CT molecular complexity index is 1150. The van der Waals surface area contributed by atoms with Gasteiger partial charge in [-0.2, -0.15) is 0 Å². The molecule has 0 bridgehead atoms. The number of imide groups is 1. The number of nitrogens with zero attached hydrogens (tertiary/aromatic N) is 2. The van der Waals surface area contributed by atoms with E-state index in [1.807, 2.05) is 19.9 Å². The number of rotatable bonds is 5. The lowest BCUT2D eigenvalue weighted by Gasteiger charge is -2.37. The number of nitrogens with one attached hydrogen (secondary N) is 3. The number of hydrogen-bond donors (Lipinski definition) is 3. The Balaban J connectivity index is 1.40. The maximum Gasteiger partial charge on any atom is 0.322 e. The number of benzene rings is 1. The number of ether oxygens (including phenoxy) is 2. The number of amides is 6. The van der Waals surface area contributed by atoms with Gasteiger partial charge < -0.3 is 29.9 Å². The zero-order valence-corrected chi connectivity index (χ0v) is 20.0. The fourth-order valence-corrected chi connectivity index (χ4v) is 5.51. The summed E-state index contributed by atoms with van der Waals surface area (Å²) in [6, 6.07) is 4.53. The lowest BCUT2D eigenvalue weighted by Crippen LogP contribution is -2.64. The number of urea groups is 2. The Kier molecular flexibility index (Phi) is 5.57. The Morgan fingerprint density at radius 3 is 2.77 bits per heavy atom. The molecule has 1 aromatic carbocycles. The Labute approximate surface area is 202 Å². The molecule has 3 atom stereocenters. The van der Waals surface area contributed by atoms with Gasteiger partial charge >= 0.3 is 12.1 Å². The number of carbonyl (C=O) groups excluding carboxylic acids is 4. The topological polar surface area (TPSA) is 129 Å². The van der Waals surface area contributed by atoms with E-state index in [0.717, 1.165) is 16.9 Å². The Hall–Kier alpha value is -3.76. The molecule has 0 saturated carbocycles. The van der Waals surface area contributed by atoms with E-state index in [1.54, 1.807) is 21.9 Å². The first-order valence-electron chi connectivity index (χ1n) is 11.8. The second-order valence-corrected chi connectivity index (χ2v) is 9.35. The first-order valence-corrected chi connectivity index (χ1v) is 11.8. The van der Waals surface area contributed by atoms with Gasteiger partial charge in [-0.25, -0.2) is 9.59 Å². The van der Waals surface area contributed by atoms with Crippen molar-refractivity contribution in [3.8, 4) is 5.75 Å². The number of hydrogen-bond acceptors (Lipinski definition) is 6. The van der Waals surface area contributed by atoms with Crippen LogP contribution >= 0.6 is 0 Å². The highest BCUT2D eigenvalue weighted by Gasteiger charge is 2.60. The molecule has 0 aromatic heterocycles. The molecule has 186 valence electrons. The zero-order valence-electron chi connectivity index (χ0n) is 20.0. The van der Waals surface area contributed by atoms with Crippen LogP contribution in [0.4, 0.5) is 9.59 Å². The van der Waals surface area contributed by atoms with Crippen LogP contribution in [0.1, 0.15) is 36.2 Å². The molecular weight excluding hydrogens is 454 g/mol. The van der Waals surface area contributed by atoms with E-state index in [1.165, 1.54) is 7.11 Å². The maximum atomic E-state index is 13.2. The fourth-order valence-electron chi connectivity index (χ4n) is 5.51. The van der Waals surface area contributed by atoms with E-state index in [0.29, 0.717) is 43.9 Å². The largest absolute Gasteiger partial charge is 0.497 e. The summed E-state index contributed by atoms with van der Waals surface area (Å²) in [6.45, 7) is 5.47. The molecule has 4 aliphatic heterocycles. The van der Waals surface area contributed by atoms with Gasteiger partial charge in [0, 0.05) is 44.1 Å². The van der Waals surface area contributed by atoms with Gasteiger partial charge in [0.15, 0.2) is 5.54 Å². The monoisotopic (exact) mass is 483 g/mol. The minimum Gasteiger partial charge on any atom is -0.497 e. The summed E-state index contributed by atoms with van der Waals surface area (Å²) >= 11 is 0. The van der Waals surface area contributed by atoms with Gasteiger partial charge in [0.1, 0.15) is 11.9 Å². The third-order valence-electron chi connectivity index (χ3n) is 7.31. The average Bonchev–Trinajstić information content (AvgIpc) is 3.44. The van der Waals surface area contributed by atoms with Crippen LogP contribution in [0.2, 0.25) is 0 Å². The standard InChI is InChI=1S/C24H29N5O6/c1-4-25-23(33)28-8-7-18-17(11-28)13(2)19(35-18)24(21(31)26-22(32)27-24)12-29-10-14-5-6-15(34-3)9-16(14)20(29)30/h5-6,9,13,19H,4,7-8,10-12H2,1-3H3,(H,25,33)(H2,26,27,31,32). The lowest BCUT2D eigenvalue weighted by atomic mass is 9.81. The molecule has 0 aliphatic carbocycles. The maximum absolute atomic E-state index is 13.2. The van der Waals surface area contributed by atoms with Crippen LogP contribution in [-0.2, 0) is 16.1 Å². The highest BCUT2D eigenvalue weighted by atomic mass is 16.5. The van der Waals surface area contributed by atoms with Gasteiger partial charge in [-0.1, -0.05) is 13.0 Å². The second kappa shape index (κ2) is 8.47. The highest BCUT2D eigenvalue weighted by Crippen LogP contribution is 2.42. The second-order valence-electron chi connectivity index (χ2n) is 9.35. The van der Waals surface area contributed by atoms with Crippen molar-refractivity contribution >= 4 is 23.9 Å². The predicted molar refractivity (Wildman–Crippen MR) is 123 cm³/mol. The molecule has 4 heterocycles. The molecule has 0 spiro atoms. The van der Waals surface area contributed by atoms with Crippen LogP contribution in [0.5, 0.6) is 5.75 Å². The molecule has 1 aromatic rings. The molecule has 3 unspecified atom stereocenters. The molecule has 0 radical (unpaired) electrons. The van der Waals surface area contributed by atoms with Crippen molar-refractivity contribution in [3.05, 3.63) is 40.7 Å². The molecule has 11 heteroatoms. The SMILES string of the molecule is CCNC(=O)N1CCC2=C(C1)C(C)C(C1(CN3Cc4ccc(OC)cc4C3=O)NC(=O)NC1=O)O2. The van der Waals surface area contributed by atoms with Crippen molar-refractivity contribution in [1.29, 1.82) is 0 Å². The fraction of sp³-hybridized carbons (Fsp3) is 0.500. The predicted octanol–water partition coefficient (Wildman–Crippen LogP) is 0.953. The van der Waals surface area contributed by atoms with E-state index in [9.17, 15) is 19.2 Å². The summed E-state index contributed by atoms with van der Waals surface area (Å²) in [6.07, 6.45) is -0.202. The van der Waals surface area contributed by atoms with Crippen molar-refractivity contribution in [2.75, 3.05) is 33.3 Å². The zero-order chi connectivity index (χ0) is 24.9. The van der Waals surface area contributed by atoms with Crippen LogP contribution in [0, 0.1) is 5.92 Å². The quantitative estimate of drug-likeness (QED) is 0.535. The lowest BCUT2D eigenvalue weighted by molar-refractivity contribution is -0.130. The number of carbonyl (C=O) groups is 4. The number of methoxy groups -OCH3 is 1. The van der Waals surface area contributed by atoms with Gasteiger partial charge in [-0.3, -0.25) is 14.9 Å². The van der Waals surface area contributed by atoms with Gasteiger partial charge in [-0.15, -0.1) is 0 Å². The van der Waals surface area contributed by atoms with Crippen molar-refractivity contribution in [1.82, 2.24) is 25.8 Å². The normalized spacial score (nSPS) is 27.3. The van der Waals surface area contributed by atoms with E-state index < -0.39 is 23.6 Å². The van der Waals surface area contributed by atoms with Crippen molar-refractivity contribution in [2.45, 2.75) is 38.5 Å². The van der Waals surface area contributed by atoms with Gasteiger partial charge in [0.2, 0.25) is 0 Å². The van der Waals surface area contributed by atoms with Crippen LogP contribution in [-0.4, -0.2) is 78.6 Å². The molecule has 3 N–H and O–H groups in total. The van der Waals surface area contributed by atoms with Crippen molar-refractivity contribution in [3.63, 3.8) is 0 Å². The minimum atomic E-state index is -1.47. The smallest absolute Gasteiger partial charge is 0.322 e. The summed E-state index contributed by atoms with van der Waals surface area (Å²) in [5.74, 6) is 0.296. The molecule has 5 rings (SSSR count). The van der Waals surface area contributed by atoms with Crippen LogP contribution in [0.25, 0.3) is 0 Å². The van der Waals surface area contributed by atoms with E-state index in [4.69, 9.17) is 9.47 Å². The molecular formula is C24H29N5O6. The van der Waals surface area contributed by atoms with Gasteiger partial charge in [0.25, 0.3) is 11.8 Å². The average molecular weight is 484 g/mol. The third kappa shape index (κ3) is 3.65. The van der Waals surface area contributed by atoms with Crippen molar-refractivity contribution < 1.29 is 28.7 Å². The highest BCUT2D eigenvalue weighted by molar-refractivity contribution is 6.08. The molecule has 4 aliphatic rings. The van der Waals surface area contributed by atoms with Gasteiger partial charge in [0.05, 0.1) is 19.4 Å². The van der Waals surface area contributed by atoms with E-state index in [2.05, 4.69) is 16.0 Å². The molecule has 1 saturated heterocycles. The Morgan fingerprint density at radius 2 is 2.09 bits per heavy atom. The van der Waals surface area contributed by atoms with Crippen LogP contribution in [0.15, 0.2) is 29.5 Å². The van der Waals surface area contributed by atoms with Crippen LogP contribution < -0.4 is 20.7 Å². The first kappa shape index (κ1) is 23.0. The minimum absolute atomic E-state index is 0.0456. The molecule has 35 heavy (non-hydrogen) atoms. The summed E-state index contributed by atoms with van der Waals surface area (Å²) in [5, 5.41) is 7.94. The molecule has 1 fully saturated rings. The van der Waals surface area contributed by atoms with E-state index >= 15 is 0 Å².